The number of allylic oxidation sites excluding steroid dienone is 5. The molecule has 0 aliphatic heterocycles. The van der Waals surface area contributed by atoms with Gasteiger partial charge in [-0.25, -0.2) is 0 Å². The molecule has 2 aromatic carbocycles. The van der Waals surface area contributed by atoms with Gasteiger partial charge in [0.15, 0.2) is 0 Å². The summed E-state index contributed by atoms with van der Waals surface area (Å²) in [5, 5.41) is 0. The van der Waals surface area contributed by atoms with E-state index >= 15 is 0 Å². The van der Waals surface area contributed by atoms with Crippen molar-refractivity contribution in [3.05, 3.63) is 102 Å². The Morgan fingerprint density at radius 1 is 1.03 bits per heavy atom. The lowest BCUT2D eigenvalue weighted by Crippen LogP contribution is -2.09. The fraction of sp³-hybridized carbons (Fsp3) is 0.345. The Morgan fingerprint density at radius 3 is 2.30 bits per heavy atom. The average molecular weight is 402 g/mol. The van der Waals surface area contributed by atoms with Crippen LogP contribution in [0.25, 0.3) is 0 Å². The third-order valence-corrected chi connectivity index (χ3v) is 4.89. The number of rotatable bonds is 4. The number of hydrogen-bond acceptors (Lipinski definition) is 1. The summed E-state index contributed by atoms with van der Waals surface area (Å²) in [7, 11) is 0. The Labute approximate surface area is 185 Å². The summed E-state index contributed by atoms with van der Waals surface area (Å²) in [6.45, 7) is 18.5. The predicted molar refractivity (Wildman–Crippen MR) is 136 cm³/mol. The summed E-state index contributed by atoms with van der Waals surface area (Å²) >= 11 is 0. The largest absolute Gasteiger partial charge is 0.253 e. The van der Waals surface area contributed by atoms with Crippen molar-refractivity contribution in [3.8, 4) is 0 Å². The third kappa shape index (κ3) is 8.78. The van der Waals surface area contributed by atoms with Gasteiger partial charge in [0.1, 0.15) is 0 Å². The van der Waals surface area contributed by atoms with E-state index < -0.39 is 0 Å². The Balaban J connectivity index is 0.000000300. The fourth-order valence-corrected chi connectivity index (χ4v) is 3.08. The molecule has 0 amide bonds. The summed E-state index contributed by atoms with van der Waals surface area (Å²) in [6.07, 6.45) is 9.63. The van der Waals surface area contributed by atoms with Crippen LogP contribution in [-0.4, -0.2) is 5.71 Å². The first kappa shape index (κ1) is 25.4. The van der Waals surface area contributed by atoms with Crippen molar-refractivity contribution in [2.45, 2.75) is 54.9 Å². The van der Waals surface area contributed by atoms with E-state index in [9.17, 15) is 0 Å². The molecular weight excluding hydrogens is 362 g/mol. The molecular formula is C29H39N. The third-order valence-electron chi connectivity index (χ3n) is 4.89. The van der Waals surface area contributed by atoms with Crippen LogP contribution >= 0.6 is 0 Å². The molecule has 3 rings (SSSR count). The molecule has 0 heterocycles. The maximum Gasteiger partial charge on any atom is 0.0662 e. The maximum absolute atomic E-state index is 4.78. The summed E-state index contributed by atoms with van der Waals surface area (Å²) in [4.78, 5) is 4.78. The number of aliphatic imine (C=N–C) groups is 1. The lowest BCUT2D eigenvalue weighted by Gasteiger charge is -2.13. The molecule has 0 aromatic heterocycles. The number of nitrogens with zero attached hydrogens (tertiary/aromatic N) is 1. The molecule has 0 saturated heterocycles. The monoisotopic (exact) mass is 401 g/mol. The van der Waals surface area contributed by atoms with Crippen LogP contribution in [0.2, 0.25) is 0 Å². The first-order chi connectivity index (χ1) is 14.4. The van der Waals surface area contributed by atoms with Gasteiger partial charge in [-0.3, -0.25) is 4.99 Å². The van der Waals surface area contributed by atoms with Crippen molar-refractivity contribution < 1.29 is 0 Å². The molecule has 0 fully saturated rings. The highest BCUT2D eigenvalue weighted by atomic mass is 14.8. The predicted octanol–water partition coefficient (Wildman–Crippen LogP) is 8.61. The highest BCUT2D eigenvalue weighted by Crippen LogP contribution is 2.23. The van der Waals surface area contributed by atoms with E-state index in [1.807, 2.05) is 26.0 Å². The minimum absolute atomic E-state index is 0.402. The van der Waals surface area contributed by atoms with Crippen LogP contribution in [0.3, 0.4) is 0 Å². The summed E-state index contributed by atoms with van der Waals surface area (Å²) in [5.74, 6) is 0.983. The van der Waals surface area contributed by atoms with Crippen LogP contribution in [0.15, 0.2) is 90.0 Å². The summed E-state index contributed by atoms with van der Waals surface area (Å²) in [6, 6.07) is 16.9. The highest BCUT2D eigenvalue weighted by molar-refractivity contribution is 6.01. The van der Waals surface area contributed by atoms with E-state index in [0.717, 1.165) is 17.8 Å². The molecule has 0 radical (unpaired) electrons. The molecule has 0 N–H and O–H groups in total. The van der Waals surface area contributed by atoms with Crippen molar-refractivity contribution in [1.29, 1.82) is 0 Å². The summed E-state index contributed by atoms with van der Waals surface area (Å²) < 4.78 is 0. The van der Waals surface area contributed by atoms with Crippen LogP contribution < -0.4 is 0 Å². The SMILES string of the molecule is C=C[C@H](C)Cc1ccccc1.CC.CC1=CC(=Nc2ccc(C)cc2C)C(C)C=C1. The molecule has 1 unspecified atom stereocenters. The molecule has 1 nitrogen and oxygen atoms in total. The van der Waals surface area contributed by atoms with E-state index in [-0.39, 0.29) is 0 Å². The van der Waals surface area contributed by atoms with E-state index in [2.05, 4.69) is 102 Å². The van der Waals surface area contributed by atoms with Gasteiger partial charge < -0.3 is 0 Å². The zero-order valence-corrected chi connectivity index (χ0v) is 19.9. The van der Waals surface area contributed by atoms with Crippen LogP contribution in [0.5, 0.6) is 0 Å². The number of hydrogen-bond donors (Lipinski definition) is 0. The number of aryl methyl sites for hydroxylation is 2. The van der Waals surface area contributed by atoms with Gasteiger partial charge in [0.2, 0.25) is 0 Å². The van der Waals surface area contributed by atoms with Gasteiger partial charge in [0, 0.05) is 11.6 Å². The van der Waals surface area contributed by atoms with Crippen molar-refractivity contribution in [2.75, 3.05) is 0 Å². The second-order valence-corrected chi connectivity index (χ2v) is 7.77. The van der Waals surface area contributed by atoms with Crippen molar-refractivity contribution in [3.63, 3.8) is 0 Å². The van der Waals surface area contributed by atoms with Gasteiger partial charge in [0.05, 0.1) is 5.69 Å². The van der Waals surface area contributed by atoms with Gasteiger partial charge in [-0.2, -0.15) is 0 Å². The Kier molecular flexibility index (Phi) is 11.4. The average Bonchev–Trinajstić information content (AvgIpc) is 2.75. The first-order valence-electron chi connectivity index (χ1n) is 11.1. The Hall–Kier alpha value is -2.67. The van der Waals surface area contributed by atoms with Crippen molar-refractivity contribution >= 4 is 11.4 Å². The van der Waals surface area contributed by atoms with Crippen molar-refractivity contribution in [2.24, 2.45) is 16.8 Å². The topological polar surface area (TPSA) is 12.4 Å². The standard InChI is InChI=1S/C16H19N.C11H14.C2H6/c1-11-6-8-15(14(4)9-11)17-16-10-12(2)5-7-13(16)3;1-3-10(2)9-11-7-5-4-6-8-11;1-2/h5-10,13H,1-4H3;3-8,10H,1,9H2,2H3;1-2H3/t;10-;/m.0./s1. The Morgan fingerprint density at radius 2 is 1.70 bits per heavy atom. The van der Waals surface area contributed by atoms with Gasteiger partial charge >= 0.3 is 0 Å². The second-order valence-electron chi connectivity index (χ2n) is 7.77. The lowest BCUT2D eigenvalue weighted by molar-refractivity contribution is 0.725. The summed E-state index contributed by atoms with van der Waals surface area (Å²) in [5.41, 5.74) is 7.42. The van der Waals surface area contributed by atoms with Crippen molar-refractivity contribution in [1.82, 2.24) is 0 Å². The molecule has 1 aliphatic carbocycles. The molecule has 0 bridgehead atoms. The quantitative estimate of drug-likeness (QED) is 0.455. The van der Waals surface area contributed by atoms with E-state index in [1.165, 1.54) is 22.3 Å². The molecule has 2 atom stereocenters. The molecule has 1 aliphatic rings. The minimum Gasteiger partial charge on any atom is -0.253 e. The molecule has 2 aromatic rings. The van der Waals surface area contributed by atoms with E-state index in [4.69, 9.17) is 4.99 Å². The molecule has 160 valence electrons. The second kappa shape index (κ2) is 13.5. The van der Waals surface area contributed by atoms with Crippen LogP contribution in [0.4, 0.5) is 5.69 Å². The molecule has 0 spiro atoms. The zero-order chi connectivity index (χ0) is 22.5. The van der Waals surface area contributed by atoms with Gasteiger partial charge in [-0.05, 0) is 62.0 Å². The van der Waals surface area contributed by atoms with Crippen LogP contribution in [0.1, 0.15) is 51.3 Å². The lowest BCUT2D eigenvalue weighted by atomic mass is 9.96. The molecule has 30 heavy (non-hydrogen) atoms. The van der Waals surface area contributed by atoms with E-state index in [1.54, 1.807) is 0 Å². The minimum atomic E-state index is 0.402. The zero-order valence-electron chi connectivity index (χ0n) is 19.9. The Bertz CT molecular complexity index is 868. The maximum atomic E-state index is 4.78. The molecule has 1 heteroatoms. The first-order valence-corrected chi connectivity index (χ1v) is 11.1. The molecule has 0 saturated carbocycles. The van der Waals surface area contributed by atoms with E-state index in [0.29, 0.717) is 11.8 Å². The fourth-order valence-electron chi connectivity index (χ4n) is 3.08. The number of benzene rings is 2. The van der Waals surface area contributed by atoms with Crippen LogP contribution in [-0.2, 0) is 6.42 Å². The van der Waals surface area contributed by atoms with Gasteiger partial charge in [-0.15, -0.1) is 6.58 Å². The smallest absolute Gasteiger partial charge is 0.0662 e. The normalized spacial score (nSPS) is 17.1. The van der Waals surface area contributed by atoms with Gasteiger partial charge in [0.25, 0.3) is 0 Å². The highest BCUT2D eigenvalue weighted by Gasteiger charge is 2.09. The van der Waals surface area contributed by atoms with Crippen LogP contribution in [0, 0.1) is 25.7 Å². The van der Waals surface area contributed by atoms with Gasteiger partial charge in [-0.1, -0.05) is 94.0 Å².